The minimum Gasteiger partial charge on any atom is -0.492 e. The van der Waals surface area contributed by atoms with Crippen LogP contribution in [-0.4, -0.2) is 16.2 Å². The summed E-state index contributed by atoms with van der Waals surface area (Å²) in [4.78, 5) is 4.85. The zero-order valence-corrected chi connectivity index (χ0v) is 19.0. The first-order chi connectivity index (χ1) is 15.0. The van der Waals surface area contributed by atoms with Crippen LogP contribution in [0.2, 0.25) is 10.0 Å². The Morgan fingerprint density at radius 3 is 2.55 bits per heavy atom. The van der Waals surface area contributed by atoms with Crippen molar-refractivity contribution in [1.29, 1.82) is 0 Å². The molecule has 3 aromatic carbocycles. The van der Waals surface area contributed by atoms with Crippen molar-refractivity contribution >= 4 is 34.2 Å². The van der Waals surface area contributed by atoms with E-state index in [9.17, 15) is 0 Å². The lowest BCUT2D eigenvalue weighted by Crippen LogP contribution is -2.13. The van der Waals surface area contributed by atoms with Crippen LogP contribution in [0.25, 0.3) is 11.0 Å². The van der Waals surface area contributed by atoms with Gasteiger partial charge in [-0.1, -0.05) is 47.5 Å². The molecule has 0 saturated carbocycles. The van der Waals surface area contributed by atoms with Gasteiger partial charge in [0, 0.05) is 11.6 Å². The fraction of sp³-hybridized carbons (Fsp3) is 0.240. The monoisotopic (exact) mass is 454 g/mol. The maximum Gasteiger partial charge on any atom is 0.153 e. The zero-order chi connectivity index (χ0) is 21.8. The number of para-hydroxylation sites is 3. The normalized spacial score (nSPS) is 12.1. The molecule has 0 aliphatic rings. The highest BCUT2D eigenvalue weighted by Gasteiger charge is 2.18. The molecule has 1 unspecified atom stereocenters. The van der Waals surface area contributed by atoms with Crippen molar-refractivity contribution in [3.8, 4) is 11.5 Å². The van der Waals surface area contributed by atoms with Crippen molar-refractivity contribution < 1.29 is 9.47 Å². The van der Waals surface area contributed by atoms with E-state index in [1.54, 1.807) is 0 Å². The van der Waals surface area contributed by atoms with Crippen molar-refractivity contribution in [2.75, 3.05) is 6.61 Å². The van der Waals surface area contributed by atoms with Crippen molar-refractivity contribution in [2.24, 2.45) is 0 Å². The van der Waals surface area contributed by atoms with E-state index in [1.165, 1.54) is 0 Å². The first kappa shape index (κ1) is 21.5. The molecule has 0 saturated heterocycles. The summed E-state index contributed by atoms with van der Waals surface area (Å²) in [6, 6.07) is 21.3. The number of hydrogen-bond acceptors (Lipinski definition) is 3. The number of rotatable bonds is 8. The van der Waals surface area contributed by atoms with Crippen LogP contribution in [-0.2, 0) is 6.54 Å². The topological polar surface area (TPSA) is 36.3 Å². The highest BCUT2D eigenvalue weighted by molar-refractivity contribution is 6.32. The number of aromatic nitrogens is 2. The summed E-state index contributed by atoms with van der Waals surface area (Å²) >= 11 is 12.3. The molecule has 0 spiro atoms. The van der Waals surface area contributed by atoms with Crippen molar-refractivity contribution in [3.05, 3.63) is 88.2 Å². The third-order valence-electron chi connectivity index (χ3n) is 5.11. The molecule has 0 bridgehead atoms. The first-order valence-electron chi connectivity index (χ1n) is 10.3. The Labute approximate surface area is 192 Å². The second kappa shape index (κ2) is 9.63. The SMILES string of the molecule is Cc1cc(OC(C)c2nc3ccccc3n2CCCOc2ccccc2Cl)ccc1Cl. The Morgan fingerprint density at radius 1 is 0.968 bits per heavy atom. The number of halogens is 2. The number of nitrogens with zero attached hydrogens (tertiary/aromatic N) is 2. The Bertz CT molecular complexity index is 1190. The first-order valence-corrected chi connectivity index (χ1v) is 11.0. The summed E-state index contributed by atoms with van der Waals surface area (Å²) in [5.74, 6) is 2.36. The minimum absolute atomic E-state index is 0.225. The molecule has 0 fully saturated rings. The molecule has 6 heteroatoms. The maximum absolute atomic E-state index is 6.21. The molecule has 4 rings (SSSR count). The van der Waals surface area contributed by atoms with E-state index in [0.717, 1.165) is 46.2 Å². The van der Waals surface area contributed by atoms with Gasteiger partial charge in [0.05, 0.1) is 22.7 Å². The lowest BCUT2D eigenvalue weighted by molar-refractivity contribution is 0.210. The van der Waals surface area contributed by atoms with E-state index in [-0.39, 0.29) is 6.10 Å². The Balaban J connectivity index is 1.51. The molecule has 4 aromatic rings. The Morgan fingerprint density at radius 2 is 1.74 bits per heavy atom. The third-order valence-corrected chi connectivity index (χ3v) is 5.85. The maximum atomic E-state index is 6.21. The molecule has 4 nitrogen and oxygen atoms in total. The van der Waals surface area contributed by atoms with Crippen LogP contribution in [0.4, 0.5) is 0 Å². The van der Waals surface area contributed by atoms with E-state index in [4.69, 9.17) is 37.7 Å². The second-order valence-electron chi connectivity index (χ2n) is 7.41. The van der Waals surface area contributed by atoms with Gasteiger partial charge in [0.25, 0.3) is 0 Å². The van der Waals surface area contributed by atoms with Gasteiger partial charge in [-0.3, -0.25) is 0 Å². The van der Waals surface area contributed by atoms with Crippen LogP contribution < -0.4 is 9.47 Å². The van der Waals surface area contributed by atoms with Gasteiger partial charge in [0.1, 0.15) is 11.5 Å². The van der Waals surface area contributed by atoms with Crippen LogP contribution in [0, 0.1) is 6.92 Å². The summed E-state index contributed by atoms with van der Waals surface area (Å²) in [7, 11) is 0. The Kier molecular flexibility index (Phi) is 6.69. The fourth-order valence-corrected chi connectivity index (χ4v) is 3.86. The molecular weight excluding hydrogens is 431 g/mol. The Hall–Kier alpha value is -2.69. The summed E-state index contributed by atoms with van der Waals surface area (Å²) in [6.45, 7) is 5.30. The van der Waals surface area contributed by atoms with Gasteiger partial charge in [-0.25, -0.2) is 4.98 Å². The van der Waals surface area contributed by atoms with Crippen molar-refractivity contribution in [2.45, 2.75) is 32.9 Å². The molecule has 1 aromatic heterocycles. The fourth-order valence-electron chi connectivity index (χ4n) is 3.55. The largest absolute Gasteiger partial charge is 0.492 e. The quantitative estimate of drug-likeness (QED) is 0.262. The number of fused-ring (bicyclic) bond motifs is 1. The molecule has 31 heavy (non-hydrogen) atoms. The molecule has 0 aliphatic heterocycles. The van der Waals surface area contributed by atoms with Crippen LogP contribution in [0.1, 0.15) is 30.8 Å². The molecule has 1 atom stereocenters. The van der Waals surface area contributed by atoms with Crippen molar-refractivity contribution in [1.82, 2.24) is 9.55 Å². The molecule has 160 valence electrons. The third kappa shape index (κ3) is 4.97. The van der Waals surface area contributed by atoms with Gasteiger partial charge in [0.2, 0.25) is 0 Å². The minimum atomic E-state index is -0.225. The number of imidazole rings is 1. The molecule has 1 heterocycles. The van der Waals surface area contributed by atoms with Crippen molar-refractivity contribution in [3.63, 3.8) is 0 Å². The van der Waals surface area contributed by atoms with Crippen LogP contribution in [0.3, 0.4) is 0 Å². The van der Waals surface area contributed by atoms with E-state index in [2.05, 4.69) is 10.6 Å². The average molecular weight is 455 g/mol. The highest BCUT2D eigenvalue weighted by atomic mass is 35.5. The van der Waals surface area contributed by atoms with Gasteiger partial charge >= 0.3 is 0 Å². The second-order valence-corrected chi connectivity index (χ2v) is 8.23. The molecule has 0 amide bonds. The van der Waals surface area contributed by atoms with Gasteiger partial charge in [0.15, 0.2) is 11.9 Å². The average Bonchev–Trinajstić information content (AvgIpc) is 3.14. The summed E-state index contributed by atoms with van der Waals surface area (Å²) in [5.41, 5.74) is 3.02. The molecule has 0 aliphatic carbocycles. The summed E-state index contributed by atoms with van der Waals surface area (Å²) in [6.07, 6.45) is 0.586. The van der Waals surface area contributed by atoms with Crippen LogP contribution in [0.5, 0.6) is 11.5 Å². The van der Waals surface area contributed by atoms with Crippen LogP contribution in [0.15, 0.2) is 66.7 Å². The van der Waals surface area contributed by atoms with Gasteiger partial charge in [-0.15, -0.1) is 0 Å². The van der Waals surface area contributed by atoms with E-state index in [0.29, 0.717) is 17.4 Å². The number of ether oxygens (including phenoxy) is 2. The summed E-state index contributed by atoms with van der Waals surface area (Å²) < 4.78 is 14.3. The van der Waals surface area contributed by atoms with E-state index in [1.807, 2.05) is 74.5 Å². The lowest BCUT2D eigenvalue weighted by atomic mass is 10.2. The smallest absolute Gasteiger partial charge is 0.153 e. The lowest BCUT2D eigenvalue weighted by Gasteiger charge is -2.17. The summed E-state index contributed by atoms with van der Waals surface area (Å²) in [5, 5.41) is 1.35. The van der Waals surface area contributed by atoms with E-state index >= 15 is 0 Å². The van der Waals surface area contributed by atoms with Gasteiger partial charge < -0.3 is 14.0 Å². The molecular formula is C25H24Cl2N2O2. The van der Waals surface area contributed by atoms with Gasteiger partial charge in [-0.2, -0.15) is 0 Å². The highest BCUT2D eigenvalue weighted by Crippen LogP contribution is 2.28. The molecule has 0 N–H and O–H groups in total. The predicted molar refractivity (Wildman–Crippen MR) is 127 cm³/mol. The number of hydrogen-bond donors (Lipinski definition) is 0. The predicted octanol–water partition coefficient (Wildman–Crippen LogP) is 7.26. The number of benzene rings is 3. The molecule has 0 radical (unpaired) electrons. The number of aryl methyl sites for hydroxylation is 2. The zero-order valence-electron chi connectivity index (χ0n) is 17.5. The van der Waals surface area contributed by atoms with Crippen LogP contribution >= 0.6 is 23.2 Å². The standard InChI is InChI=1S/C25H24Cl2N2O2/c1-17-16-19(12-13-20(17)26)31-18(2)25-28-22-9-4-5-10-23(22)29(25)14-7-15-30-24-11-6-3-8-21(24)27/h3-6,8-13,16,18H,7,14-15H2,1-2H3. The van der Waals surface area contributed by atoms with Gasteiger partial charge in [-0.05, 0) is 68.3 Å². The van der Waals surface area contributed by atoms with E-state index < -0.39 is 0 Å².